The second-order valence-electron chi connectivity index (χ2n) is 6.65. The van der Waals surface area contributed by atoms with Gasteiger partial charge in [-0.1, -0.05) is 66.2 Å². The Kier molecular flexibility index (Phi) is 5.73. The second-order valence-corrected chi connectivity index (χ2v) is 7.08. The Morgan fingerprint density at radius 3 is 2.21 bits per heavy atom. The van der Waals surface area contributed by atoms with E-state index in [1.165, 1.54) is 0 Å². The van der Waals surface area contributed by atoms with E-state index in [0.717, 1.165) is 16.7 Å². The van der Waals surface area contributed by atoms with E-state index >= 15 is 0 Å². The summed E-state index contributed by atoms with van der Waals surface area (Å²) in [7, 11) is 0. The summed E-state index contributed by atoms with van der Waals surface area (Å²) in [6.45, 7) is 0.499. The Morgan fingerprint density at radius 1 is 0.931 bits per heavy atom. The predicted molar refractivity (Wildman–Crippen MR) is 114 cm³/mol. The van der Waals surface area contributed by atoms with E-state index in [2.05, 4.69) is 4.98 Å². The Labute approximate surface area is 174 Å². The molecule has 0 radical (unpaired) electrons. The van der Waals surface area contributed by atoms with Crippen LogP contribution in [0.2, 0.25) is 5.02 Å². The van der Waals surface area contributed by atoms with Gasteiger partial charge in [0.05, 0.1) is 18.4 Å². The molecule has 4 rings (SSSR count). The molecule has 0 aliphatic rings. The molecular weight excluding hydrogens is 384 g/mol. The molecule has 0 aliphatic carbocycles. The first kappa shape index (κ1) is 19.0. The van der Waals surface area contributed by atoms with Crippen LogP contribution in [-0.4, -0.2) is 15.5 Å². The average Bonchev–Trinajstić information content (AvgIpc) is 3.28. The molecular formula is C24H19ClN2O2. The maximum Gasteiger partial charge on any atom is 0.338 e. The van der Waals surface area contributed by atoms with Crippen LogP contribution in [0.25, 0.3) is 11.1 Å². The minimum Gasteiger partial charge on any atom is -0.452 e. The van der Waals surface area contributed by atoms with E-state index in [1.807, 2.05) is 77.5 Å². The van der Waals surface area contributed by atoms with Crippen molar-refractivity contribution in [3.8, 4) is 11.1 Å². The summed E-state index contributed by atoms with van der Waals surface area (Å²) in [6.07, 6.45) is 4.86. The molecule has 5 heteroatoms. The summed E-state index contributed by atoms with van der Waals surface area (Å²) >= 11 is 5.95. The zero-order chi connectivity index (χ0) is 20.1. The summed E-state index contributed by atoms with van der Waals surface area (Å²) in [5.74, 6) is -0.360. The fraction of sp³-hybridized carbons (Fsp3) is 0.0833. The highest BCUT2D eigenvalue weighted by Gasteiger charge is 2.18. The lowest BCUT2D eigenvalue weighted by atomic mass is 10.0. The van der Waals surface area contributed by atoms with Gasteiger partial charge in [0.25, 0.3) is 0 Å². The maximum atomic E-state index is 12.8. The molecule has 1 aromatic heterocycles. The van der Waals surface area contributed by atoms with Crippen LogP contribution in [0, 0.1) is 0 Å². The molecule has 29 heavy (non-hydrogen) atoms. The number of carbonyl (C=O) groups excluding carboxylic acids is 1. The fourth-order valence-electron chi connectivity index (χ4n) is 3.10. The SMILES string of the molecule is O=C(OC(Cn1ccnc1)c1ccccc1)c1ccc(-c2ccc(Cl)cc2)cc1. The van der Waals surface area contributed by atoms with Crippen molar-refractivity contribution in [1.29, 1.82) is 0 Å². The molecule has 3 aromatic carbocycles. The predicted octanol–water partition coefficient (Wildman–Crippen LogP) is 5.80. The lowest BCUT2D eigenvalue weighted by Gasteiger charge is -2.19. The summed E-state index contributed by atoms with van der Waals surface area (Å²) in [5, 5.41) is 0.693. The molecule has 0 aliphatic heterocycles. The highest BCUT2D eigenvalue weighted by Crippen LogP contribution is 2.24. The lowest BCUT2D eigenvalue weighted by molar-refractivity contribution is 0.0255. The number of carbonyl (C=O) groups is 1. The molecule has 0 bridgehead atoms. The molecule has 1 heterocycles. The Bertz CT molecular complexity index is 1060. The number of aromatic nitrogens is 2. The van der Waals surface area contributed by atoms with E-state index in [-0.39, 0.29) is 5.97 Å². The molecule has 0 amide bonds. The van der Waals surface area contributed by atoms with Crippen LogP contribution in [0.3, 0.4) is 0 Å². The van der Waals surface area contributed by atoms with Gasteiger partial charge in [-0.25, -0.2) is 9.78 Å². The van der Waals surface area contributed by atoms with E-state index in [4.69, 9.17) is 16.3 Å². The molecule has 144 valence electrons. The largest absolute Gasteiger partial charge is 0.452 e. The number of nitrogens with zero attached hydrogens (tertiary/aromatic N) is 2. The van der Waals surface area contributed by atoms with Crippen molar-refractivity contribution in [2.45, 2.75) is 12.6 Å². The highest BCUT2D eigenvalue weighted by atomic mass is 35.5. The van der Waals surface area contributed by atoms with Crippen molar-refractivity contribution >= 4 is 17.6 Å². The van der Waals surface area contributed by atoms with Crippen molar-refractivity contribution < 1.29 is 9.53 Å². The van der Waals surface area contributed by atoms with Gasteiger partial charge >= 0.3 is 5.97 Å². The summed E-state index contributed by atoms with van der Waals surface area (Å²) in [4.78, 5) is 16.8. The molecule has 0 spiro atoms. The molecule has 1 unspecified atom stereocenters. The number of imidazole rings is 1. The molecule has 0 N–H and O–H groups in total. The first-order chi connectivity index (χ1) is 14.2. The van der Waals surface area contributed by atoms with Gasteiger partial charge < -0.3 is 9.30 Å². The van der Waals surface area contributed by atoms with E-state index in [0.29, 0.717) is 17.1 Å². The summed E-state index contributed by atoms with van der Waals surface area (Å²) in [6, 6.07) is 24.7. The molecule has 4 nitrogen and oxygen atoms in total. The number of halogens is 1. The van der Waals surface area contributed by atoms with Crippen molar-refractivity contribution in [2.24, 2.45) is 0 Å². The quantitative estimate of drug-likeness (QED) is 0.383. The van der Waals surface area contributed by atoms with Crippen molar-refractivity contribution in [3.63, 3.8) is 0 Å². The fourth-order valence-corrected chi connectivity index (χ4v) is 3.23. The number of hydrogen-bond donors (Lipinski definition) is 0. The van der Waals surface area contributed by atoms with Crippen LogP contribution in [0.15, 0.2) is 97.6 Å². The minimum absolute atomic E-state index is 0.360. The van der Waals surface area contributed by atoms with E-state index in [9.17, 15) is 4.79 Å². The highest BCUT2D eigenvalue weighted by molar-refractivity contribution is 6.30. The normalized spacial score (nSPS) is 11.8. The number of esters is 1. The van der Waals surface area contributed by atoms with Crippen LogP contribution in [0.1, 0.15) is 22.0 Å². The Hall–Kier alpha value is -3.37. The van der Waals surface area contributed by atoms with Gasteiger partial charge in [0.15, 0.2) is 0 Å². The monoisotopic (exact) mass is 402 g/mol. The third kappa shape index (κ3) is 4.73. The average molecular weight is 403 g/mol. The first-order valence-corrected chi connectivity index (χ1v) is 9.64. The van der Waals surface area contributed by atoms with Crippen molar-refractivity contribution in [1.82, 2.24) is 9.55 Å². The van der Waals surface area contributed by atoms with Gasteiger partial charge in [-0.05, 0) is 41.0 Å². The van der Waals surface area contributed by atoms with Crippen LogP contribution in [0.5, 0.6) is 0 Å². The molecule has 1 atom stereocenters. The zero-order valence-corrected chi connectivity index (χ0v) is 16.4. The van der Waals surface area contributed by atoms with Gasteiger partial charge in [-0.15, -0.1) is 0 Å². The third-order valence-corrected chi connectivity index (χ3v) is 4.91. The van der Waals surface area contributed by atoms with Gasteiger partial charge in [-0.3, -0.25) is 0 Å². The number of ether oxygens (including phenoxy) is 1. The zero-order valence-electron chi connectivity index (χ0n) is 15.6. The Morgan fingerprint density at radius 2 is 1.59 bits per heavy atom. The minimum atomic E-state index is -0.408. The van der Waals surface area contributed by atoms with Gasteiger partial charge in [0.2, 0.25) is 0 Å². The van der Waals surface area contributed by atoms with Crippen LogP contribution < -0.4 is 0 Å². The van der Waals surface area contributed by atoms with Crippen molar-refractivity contribution in [2.75, 3.05) is 0 Å². The van der Waals surface area contributed by atoms with E-state index in [1.54, 1.807) is 24.7 Å². The topological polar surface area (TPSA) is 44.1 Å². The standard InChI is InChI=1S/C24H19ClN2O2/c25-22-12-10-19(11-13-22)18-6-8-21(9-7-18)24(28)29-23(16-27-15-14-26-17-27)20-4-2-1-3-5-20/h1-15,17,23H,16H2. The van der Waals surface area contributed by atoms with Gasteiger partial charge in [0.1, 0.15) is 6.10 Å². The molecule has 0 fully saturated rings. The lowest BCUT2D eigenvalue weighted by Crippen LogP contribution is -2.16. The number of benzene rings is 3. The van der Waals surface area contributed by atoms with Crippen molar-refractivity contribution in [3.05, 3.63) is 114 Å². The summed E-state index contributed by atoms with van der Waals surface area (Å²) < 4.78 is 7.75. The summed E-state index contributed by atoms with van der Waals surface area (Å²) in [5.41, 5.74) is 3.49. The first-order valence-electron chi connectivity index (χ1n) is 9.27. The second kappa shape index (κ2) is 8.76. The smallest absolute Gasteiger partial charge is 0.338 e. The molecule has 4 aromatic rings. The maximum absolute atomic E-state index is 12.8. The van der Waals surface area contributed by atoms with Crippen LogP contribution >= 0.6 is 11.6 Å². The van der Waals surface area contributed by atoms with Gasteiger partial charge in [-0.2, -0.15) is 0 Å². The third-order valence-electron chi connectivity index (χ3n) is 4.65. The van der Waals surface area contributed by atoms with Crippen LogP contribution in [0.4, 0.5) is 0 Å². The molecule has 0 saturated heterocycles. The van der Waals surface area contributed by atoms with Gasteiger partial charge in [0, 0.05) is 17.4 Å². The Balaban J connectivity index is 1.52. The number of rotatable bonds is 6. The number of hydrogen-bond acceptors (Lipinski definition) is 3. The molecule has 0 saturated carbocycles. The van der Waals surface area contributed by atoms with Crippen LogP contribution in [-0.2, 0) is 11.3 Å². The van der Waals surface area contributed by atoms with E-state index < -0.39 is 6.10 Å².